The maximum atomic E-state index is 4.61. The van der Waals surface area contributed by atoms with Gasteiger partial charge in [0.15, 0.2) is 0 Å². The van der Waals surface area contributed by atoms with Crippen molar-refractivity contribution in [3.8, 4) is 0 Å². The predicted molar refractivity (Wildman–Crippen MR) is 87.8 cm³/mol. The van der Waals surface area contributed by atoms with Crippen molar-refractivity contribution in [2.24, 2.45) is 0 Å². The molecule has 0 aliphatic heterocycles. The summed E-state index contributed by atoms with van der Waals surface area (Å²) >= 11 is 8.85. The van der Waals surface area contributed by atoms with E-state index in [4.69, 9.17) is 0 Å². The highest BCUT2D eigenvalue weighted by molar-refractivity contribution is 9.12. The lowest BCUT2D eigenvalue weighted by Crippen LogP contribution is -2.19. The Labute approximate surface area is 134 Å². The van der Waals surface area contributed by atoms with Gasteiger partial charge in [-0.3, -0.25) is 4.68 Å². The smallest absolute Gasteiger partial charge is 0.0758 e. The quantitative estimate of drug-likeness (QED) is 0.788. The summed E-state index contributed by atoms with van der Waals surface area (Å²) in [5, 5.41) is 7.98. The van der Waals surface area contributed by atoms with Crippen LogP contribution in [0.2, 0.25) is 0 Å². The van der Waals surface area contributed by atoms with Gasteiger partial charge in [0, 0.05) is 24.7 Å². The van der Waals surface area contributed by atoms with E-state index >= 15 is 0 Å². The van der Waals surface area contributed by atoms with Crippen molar-refractivity contribution in [3.05, 3.63) is 37.2 Å². The Morgan fingerprint density at radius 1 is 1.42 bits per heavy atom. The summed E-state index contributed by atoms with van der Waals surface area (Å²) in [5.74, 6) is 0. The summed E-state index contributed by atoms with van der Waals surface area (Å²) in [6.45, 7) is 4.28. The Morgan fingerprint density at radius 3 is 2.63 bits per heavy atom. The molecular weight excluding hydrogens is 390 g/mol. The SMILES string of the molecule is CNC(Cc1ccn(C(C)C)n1)c1cc(Br)sc1Br. The Bertz CT molecular complexity index is 548. The third-order valence-corrected chi connectivity index (χ3v) is 5.40. The van der Waals surface area contributed by atoms with Gasteiger partial charge in [-0.15, -0.1) is 11.3 Å². The number of thiophene rings is 1. The van der Waals surface area contributed by atoms with Gasteiger partial charge in [-0.1, -0.05) is 0 Å². The second-order valence-electron chi connectivity index (χ2n) is 4.71. The zero-order valence-corrected chi connectivity index (χ0v) is 15.1. The lowest BCUT2D eigenvalue weighted by atomic mass is 10.1. The van der Waals surface area contributed by atoms with E-state index in [2.05, 4.69) is 68.3 Å². The molecule has 2 aromatic rings. The average molecular weight is 407 g/mol. The lowest BCUT2D eigenvalue weighted by Gasteiger charge is -2.14. The highest BCUT2D eigenvalue weighted by Gasteiger charge is 2.17. The highest BCUT2D eigenvalue weighted by atomic mass is 79.9. The maximum Gasteiger partial charge on any atom is 0.0758 e. The number of nitrogens with zero attached hydrogens (tertiary/aromatic N) is 2. The van der Waals surface area contributed by atoms with E-state index in [0.29, 0.717) is 6.04 Å². The van der Waals surface area contributed by atoms with Crippen LogP contribution < -0.4 is 5.32 Å². The van der Waals surface area contributed by atoms with Crippen molar-refractivity contribution in [3.63, 3.8) is 0 Å². The number of halogens is 2. The second kappa shape index (κ2) is 6.52. The van der Waals surface area contributed by atoms with Gasteiger partial charge in [0.05, 0.1) is 13.3 Å². The summed E-state index contributed by atoms with van der Waals surface area (Å²) in [4.78, 5) is 0. The number of hydrogen-bond donors (Lipinski definition) is 1. The summed E-state index contributed by atoms with van der Waals surface area (Å²) < 4.78 is 4.31. The Hall–Kier alpha value is -0.170. The van der Waals surface area contributed by atoms with Crippen LogP contribution in [0.3, 0.4) is 0 Å². The minimum absolute atomic E-state index is 0.271. The molecule has 0 saturated carbocycles. The van der Waals surface area contributed by atoms with Crippen LogP contribution >= 0.6 is 43.2 Å². The molecule has 2 heterocycles. The molecule has 0 aliphatic rings. The van der Waals surface area contributed by atoms with Gasteiger partial charge in [0.1, 0.15) is 0 Å². The molecule has 6 heteroatoms. The summed E-state index contributed by atoms with van der Waals surface area (Å²) in [6.07, 6.45) is 2.93. The largest absolute Gasteiger partial charge is 0.313 e. The molecule has 2 aromatic heterocycles. The third kappa shape index (κ3) is 3.68. The molecule has 0 saturated heterocycles. The molecule has 0 bridgehead atoms. The van der Waals surface area contributed by atoms with Gasteiger partial charge in [0.2, 0.25) is 0 Å². The number of hydrogen-bond acceptors (Lipinski definition) is 3. The molecule has 19 heavy (non-hydrogen) atoms. The number of nitrogens with one attached hydrogen (secondary N) is 1. The molecule has 0 aromatic carbocycles. The first-order valence-electron chi connectivity index (χ1n) is 6.17. The molecule has 1 N–H and O–H groups in total. The van der Waals surface area contributed by atoms with E-state index in [9.17, 15) is 0 Å². The van der Waals surface area contributed by atoms with Crippen LogP contribution in [0.15, 0.2) is 25.9 Å². The molecule has 2 rings (SSSR count). The van der Waals surface area contributed by atoms with Gasteiger partial charge in [-0.2, -0.15) is 5.10 Å². The zero-order chi connectivity index (χ0) is 14.0. The summed E-state index contributed by atoms with van der Waals surface area (Å²) in [6, 6.07) is 4.94. The number of rotatable bonds is 5. The monoisotopic (exact) mass is 405 g/mol. The summed E-state index contributed by atoms with van der Waals surface area (Å²) in [5.41, 5.74) is 2.39. The van der Waals surface area contributed by atoms with Gasteiger partial charge in [0.25, 0.3) is 0 Å². The van der Waals surface area contributed by atoms with Crippen LogP contribution in [0.1, 0.15) is 37.2 Å². The Balaban J connectivity index is 2.16. The Kier molecular flexibility index (Phi) is 5.22. The van der Waals surface area contributed by atoms with Crippen molar-refractivity contribution >= 4 is 43.2 Å². The van der Waals surface area contributed by atoms with E-state index < -0.39 is 0 Å². The van der Waals surface area contributed by atoms with Crippen LogP contribution in [0, 0.1) is 0 Å². The molecule has 0 spiro atoms. The van der Waals surface area contributed by atoms with Gasteiger partial charge in [-0.05, 0) is 70.5 Å². The van der Waals surface area contributed by atoms with E-state index in [-0.39, 0.29) is 6.04 Å². The highest BCUT2D eigenvalue weighted by Crippen LogP contribution is 2.36. The topological polar surface area (TPSA) is 29.9 Å². The van der Waals surface area contributed by atoms with Gasteiger partial charge >= 0.3 is 0 Å². The number of likely N-dealkylation sites (N-methyl/N-ethyl adjacent to an activating group) is 1. The Morgan fingerprint density at radius 2 is 2.16 bits per heavy atom. The maximum absolute atomic E-state index is 4.61. The van der Waals surface area contributed by atoms with E-state index in [1.807, 2.05) is 17.9 Å². The molecule has 0 fully saturated rings. The van der Waals surface area contributed by atoms with Crippen LogP contribution in [-0.2, 0) is 6.42 Å². The van der Waals surface area contributed by atoms with Gasteiger partial charge in [-0.25, -0.2) is 0 Å². The van der Waals surface area contributed by atoms with Crippen LogP contribution in [0.25, 0.3) is 0 Å². The molecule has 0 radical (unpaired) electrons. The number of aromatic nitrogens is 2. The minimum Gasteiger partial charge on any atom is -0.313 e. The average Bonchev–Trinajstić information content (AvgIpc) is 2.93. The van der Waals surface area contributed by atoms with Gasteiger partial charge < -0.3 is 5.32 Å². The van der Waals surface area contributed by atoms with Crippen LogP contribution in [-0.4, -0.2) is 16.8 Å². The predicted octanol–water partition coefficient (Wildman–Crippen LogP) is 4.55. The molecule has 104 valence electrons. The van der Waals surface area contributed by atoms with Crippen LogP contribution in [0.4, 0.5) is 0 Å². The zero-order valence-electron chi connectivity index (χ0n) is 11.2. The molecule has 0 aliphatic carbocycles. The van der Waals surface area contributed by atoms with E-state index in [1.54, 1.807) is 11.3 Å². The lowest BCUT2D eigenvalue weighted by molar-refractivity contribution is 0.515. The molecule has 0 amide bonds. The second-order valence-corrected chi connectivity index (χ2v) is 8.46. The van der Waals surface area contributed by atoms with Crippen molar-refractivity contribution in [1.82, 2.24) is 15.1 Å². The molecule has 1 unspecified atom stereocenters. The molecule has 3 nitrogen and oxygen atoms in total. The van der Waals surface area contributed by atoms with Crippen molar-refractivity contribution < 1.29 is 0 Å². The summed E-state index contributed by atoms with van der Waals surface area (Å²) in [7, 11) is 1.99. The fraction of sp³-hybridized carbons (Fsp3) is 0.462. The third-order valence-electron chi connectivity index (χ3n) is 3.01. The van der Waals surface area contributed by atoms with E-state index in [1.165, 1.54) is 9.35 Å². The van der Waals surface area contributed by atoms with Crippen molar-refractivity contribution in [2.75, 3.05) is 7.05 Å². The first-order valence-corrected chi connectivity index (χ1v) is 8.57. The van der Waals surface area contributed by atoms with Crippen molar-refractivity contribution in [2.45, 2.75) is 32.4 Å². The fourth-order valence-corrected chi connectivity index (χ4v) is 4.92. The minimum atomic E-state index is 0.271. The standard InChI is InChI=1S/C13H17Br2N3S/c1-8(2)18-5-4-9(17-18)6-11(16-3)10-7-12(14)19-13(10)15/h4-5,7-8,11,16H,6H2,1-3H3. The first kappa shape index (κ1) is 15.2. The fourth-order valence-electron chi connectivity index (χ4n) is 1.94. The van der Waals surface area contributed by atoms with Crippen molar-refractivity contribution in [1.29, 1.82) is 0 Å². The van der Waals surface area contributed by atoms with Crippen LogP contribution in [0.5, 0.6) is 0 Å². The first-order chi connectivity index (χ1) is 9.01. The van der Waals surface area contributed by atoms with E-state index in [0.717, 1.165) is 15.9 Å². The molecule has 1 atom stereocenters. The molecular formula is C13H17Br2N3S. The normalized spacial score (nSPS) is 13.2.